The first kappa shape index (κ1) is 9.38. The largest absolute Gasteiger partial charge is 0.506 e. The molecule has 1 N–H and O–H groups in total. The third-order valence-electron chi connectivity index (χ3n) is 1.73. The van der Waals surface area contributed by atoms with Gasteiger partial charge in [-0.25, -0.2) is 0 Å². The fourth-order valence-corrected chi connectivity index (χ4v) is 0.986. The summed E-state index contributed by atoms with van der Waals surface area (Å²) in [5, 5.41) is 12.1. The van der Waals surface area contributed by atoms with Crippen LogP contribution >= 0.6 is 0 Å². The van der Waals surface area contributed by atoms with E-state index < -0.39 is 0 Å². The van der Waals surface area contributed by atoms with Crippen molar-refractivity contribution in [3.05, 3.63) is 23.8 Å². The zero-order valence-corrected chi connectivity index (χ0v) is 7.19. The van der Waals surface area contributed by atoms with Crippen molar-refractivity contribution in [1.82, 2.24) is 5.53 Å². The van der Waals surface area contributed by atoms with Crippen LogP contribution in [0.4, 0.5) is 5.69 Å². The van der Waals surface area contributed by atoms with Crippen LogP contribution in [0.15, 0.2) is 23.3 Å². The van der Waals surface area contributed by atoms with E-state index in [1.54, 1.807) is 6.92 Å². The summed E-state index contributed by atoms with van der Waals surface area (Å²) in [6.45, 7) is 1.74. The Morgan fingerprint density at radius 1 is 1.62 bits per heavy atom. The van der Waals surface area contributed by atoms with Gasteiger partial charge in [-0.15, -0.1) is 5.11 Å². The maximum Gasteiger partial charge on any atom is 0.162 e. The number of phenolic OH excluding ortho intramolecular Hbond substituents is 1. The summed E-state index contributed by atoms with van der Waals surface area (Å²) in [6, 6.07) is 4.19. The molecule has 0 saturated heterocycles. The maximum atomic E-state index is 11.2. The standard InChI is InChI=1S/C9H9N2O2/c1-2-8(12)6-3-4-7(11-10)9(13)5-6/h3-5,13H,2H2,1H3. The van der Waals surface area contributed by atoms with Gasteiger partial charge in [0.15, 0.2) is 5.78 Å². The van der Waals surface area contributed by atoms with Gasteiger partial charge in [0.05, 0.1) is 0 Å². The van der Waals surface area contributed by atoms with E-state index >= 15 is 0 Å². The highest BCUT2D eigenvalue weighted by molar-refractivity contribution is 5.96. The van der Waals surface area contributed by atoms with Crippen molar-refractivity contribution in [3.8, 4) is 5.75 Å². The predicted octanol–water partition coefficient (Wildman–Crippen LogP) is 1.87. The van der Waals surface area contributed by atoms with Crippen LogP contribution in [0.3, 0.4) is 0 Å². The second-order valence-corrected chi connectivity index (χ2v) is 2.58. The number of aromatic hydroxyl groups is 1. The van der Waals surface area contributed by atoms with Gasteiger partial charge in [0, 0.05) is 12.0 Å². The van der Waals surface area contributed by atoms with E-state index in [9.17, 15) is 9.90 Å². The number of hydrogen-bond donors (Lipinski definition) is 1. The lowest BCUT2D eigenvalue weighted by Crippen LogP contribution is -1.95. The van der Waals surface area contributed by atoms with Crippen molar-refractivity contribution in [2.45, 2.75) is 13.3 Å². The number of Topliss-reactive ketones (excluding diaryl/α,β-unsaturated/α-hetero) is 1. The molecule has 4 heteroatoms. The van der Waals surface area contributed by atoms with Crippen LogP contribution in [-0.2, 0) is 0 Å². The summed E-state index contributed by atoms with van der Waals surface area (Å²) in [6.07, 6.45) is 0.384. The minimum Gasteiger partial charge on any atom is -0.506 e. The van der Waals surface area contributed by atoms with Crippen LogP contribution in [0, 0.1) is 0 Å². The number of benzene rings is 1. The molecule has 67 valence electrons. The molecule has 0 heterocycles. The van der Waals surface area contributed by atoms with Gasteiger partial charge in [0.1, 0.15) is 11.4 Å². The summed E-state index contributed by atoms with van der Waals surface area (Å²) in [4.78, 5) is 11.2. The highest BCUT2D eigenvalue weighted by atomic mass is 16.3. The zero-order chi connectivity index (χ0) is 9.84. The number of phenols is 1. The van der Waals surface area contributed by atoms with Crippen LogP contribution in [-0.4, -0.2) is 10.9 Å². The summed E-state index contributed by atoms with van der Waals surface area (Å²) >= 11 is 0. The topological polar surface area (TPSA) is 72.0 Å². The number of rotatable bonds is 3. The summed E-state index contributed by atoms with van der Waals surface area (Å²) in [5.41, 5.74) is 8.87. The fraction of sp³-hybridized carbons (Fsp3) is 0.222. The molecule has 0 aromatic heterocycles. The molecule has 0 aliphatic heterocycles. The average molecular weight is 177 g/mol. The molecule has 0 amide bonds. The number of hydrogen-bond acceptors (Lipinski definition) is 3. The lowest BCUT2D eigenvalue weighted by molar-refractivity contribution is 0.0988. The second-order valence-electron chi connectivity index (χ2n) is 2.58. The molecule has 0 fully saturated rings. The molecule has 13 heavy (non-hydrogen) atoms. The van der Waals surface area contributed by atoms with Crippen LogP contribution in [0.1, 0.15) is 23.7 Å². The first-order chi connectivity index (χ1) is 6.19. The molecule has 0 aliphatic rings. The van der Waals surface area contributed by atoms with Gasteiger partial charge in [-0.2, -0.15) is 0 Å². The fourth-order valence-electron chi connectivity index (χ4n) is 0.986. The molecule has 0 saturated carbocycles. The Balaban J connectivity index is 3.09. The van der Waals surface area contributed by atoms with E-state index in [1.807, 2.05) is 0 Å². The van der Waals surface area contributed by atoms with Gasteiger partial charge in [0.25, 0.3) is 0 Å². The van der Waals surface area contributed by atoms with E-state index in [1.165, 1.54) is 18.2 Å². The molecule has 0 spiro atoms. The van der Waals surface area contributed by atoms with Crippen LogP contribution in [0.5, 0.6) is 5.75 Å². The van der Waals surface area contributed by atoms with Gasteiger partial charge < -0.3 is 5.11 Å². The first-order valence-electron chi connectivity index (χ1n) is 3.90. The molecule has 1 rings (SSSR count). The molecule has 1 radical (unpaired) electrons. The highest BCUT2D eigenvalue weighted by Crippen LogP contribution is 2.26. The van der Waals surface area contributed by atoms with E-state index in [4.69, 9.17) is 5.53 Å². The van der Waals surface area contributed by atoms with Crippen molar-refractivity contribution < 1.29 is 9.90 Å². The Kier molecular flexibility index (Phi) is 2.74. The van der Waals surface area contributed by atoms with Gasteiger partial charge in [-0.3, -0.25) is 4.79 Å². The number of carbonyl (C=O) groups excluding carboxylic acids is 1. The minimum atomic E-state index is -0.193. The molecule has 0 atom stereocenters. The summed E-state index contributed by atoms with van der Waals surface area (Å²) in [7, 11) is 0. The monoisotopic (exact) mass is 177 g/mol. The third-order valence-corrected chi connectivity index (χ3v) is 1.73. The number of ketones is 1. The second kappa shape index (κ2) is 3.80. The van der Waals surface area contributed by atoms with Crippen molar-refractivity contribution in [3.63, 3.8) is 0 Å². The first-order valence-corrected chi connectivity index (χ1v) is 3.90. The summed E-state index contributed by atoms with van der Waals surface area (Å²) in [5.74, 6) is -0.249. The van der Waals surface area contributed by atoms with Gasteiger partial charge in [-0.05, 0) is 23.7 Å². The quantitative estimate of drug-likeness (QED) is 0.565. The number of carbonyl (C=O) groups is 1. The highest BCUT2D eigenvalue weighted by Gasteiger charge is 2.06. The van der Waals surface area contributed by atoms with Crippen LogP contribution in [0.25, 0.3) is 0 Å². The van der Waals surface area contributed by atoms with Crippen molar-refractivity contribution >= 4 is 11.5 Å². The van der Waals surface area contributed by atoms with E-state index in [0.717, 1.165) is 0 Å². The third kappa shape index (κ3) is 1.90. The van der Waals surface area contributed by atoms with Crippen molar-refractivity contribution in [2.75, 3.05) is 0 Å². The summed E-state index contributed by atoms with van der Waals surface area (Å²) < 4.78 is 0. The van der Waals surface area contributed by atoms with E-state index in [-0.39, 0.29) is 17.2 Å². The van der Waals surface area contributed by atoms with Crippen LogP contribution < -0.4 is 5.53 Å². The molecule has 0 aliphatic carbocycles. The molecule has 0 unspecified atom stereocenters. The van der Waals surface area contributed by atoms with Gasteiger partial charge in [-0.1, -0.05) is 6.92 Å². The minimum absolute atomic E-state index is 0.0558. The van der Waals surface area contributed by atoms with Crippen molar-refractivity contribution in [2.24, 2.45) is 5.11 Å². The lowest BCUT2D eigenvalue weighted by atomic mass is 10.1. The molecular formula is C9H9N2O2. The van der Waals surface area contributed by atoms with Crippen molar-refractivity contribution in [1.29, 1.82) is 0 Å². The SMILES string of the molecule is CCC(=O)c1ccc(N=[N])c(O)c1. The molecular weight excluding hydrogens is 168 g/mol. The number of nitrogens with zero attached hydrogens (tertiary/aromatic N) is 2. The average Bonchev–Trinajstić information content (AvgIpc) is 2.16. The Morgan fingerprint density at radius 3 is 2.77 bits per heavy atom. The zero-order valence-electron chi connectivity index (χ0n) is 7.19. The Hall–Kier alpha value is -1.71. The van der Waals surface area contributed by atoms with E-state index in [0.29, 0.717) is 12.0 Å². The predicted molar refractivity (Wildman–Crippen MR) is 47.0 cm³/mol. The molecule has 0 bridgehead atoms. The normalized spacial score (nSPS) is 9.62. The maximum absolute atomic E-state index is 11.2. The molecule has 1 aromatic rings. The smallest absolute Gasteiger partial charge is 0.162 e. The molecule has 1 aromatic carbocycles. The van der Waals surface area contributed by atoms with Gasteiger partial charge in [0.2, 0.25) is 0 Å². The molecule has 4 nitrogen and oxygen atoms in total. The van der Waals surface area contributed by atoms with Crippen LogP contribution in [0.2, 0.25) is 0 Å². The Bertz CT molecular complexity index is 347. The lowest BCUT2D eigenvalue weighted by Gasteiger charge is -2.00. The Labute approximate surface area is 75.7 Å². The Morgan fingerprint density at radius 2 is 2.31 bits per heavy atom. The van der Waals surface area contributed by atoms with E-state index in [2.05, 4.69) is 5.11 Å². The van der Waals surface area contributed by atoms with Gasteiger partial charge >= 0.3 is 0 Å².